The van der Waals surface area contributed by atoms with Gasteiger partial charge in [0, 0.05) is 18.8 Å². The summed E-state index contributed by atoms with van der Waals surface area (Å²) in [6, 6.07) is 0.652. The van der Waals surface area contributed by atoms with Crippen LogP contribution in [-0.4, -0.2) is 15.6 Å². The third-order valence-corrected chi connectivity index (χ3v) is 2.91. The Morgan fingerprint density at radius 2 is 2.46 bits per heavy atom. The molecule has 0 saturated heterocycles. The number of aryl methyl sites for hydroxylation is 1. The first-order chi connectivity index (χ1) is 6.29. The third kappa shape index (κ3) is 1.88. The van der Waals surface area contributed by atoms with Gasteiger partial charge in [0.15, 0.2) is 0 Å². The molecule has 0 amide bonds. The number of anilines is 1. The van der Waals surface area contributed by atoms with Gasteiger partial charge in [-0.25, -0.2) is 4.98 Å². The van der Waals surface area contributed by atoms with Gasteiger partial charge >= 0.3 is 0 Å². The predicted molar refractivity (Wildman–Crippen MR) is 56.9 cm³/mol. The molecule has 0 radical (unpaired) electrons. The summed E-state index contributed by atoms with van der Waals surface area (Å²) in [5.74, 6) is 0.999. The largest absolute Gasteiger partial charge is 0.353 e. The zero-order valence-corrected chi connectivity index (χ0v) is 9.34. The molecular weight excluding hydrogens is 230 g/mol. The molecule has 0 spiro atoms. The number of imidazole rings is 1. The summed E-state index contributed by atoms with van der Waals surface area (Å²) in [4.78, 5) is 4.37. The lowest BCUT2D eigenvalue weighted by Crippen LogP contribution is -2.28. The van der Waals surface area contributed by atoms with Gasteiger partial charge in [-0.3, -0.25) is 0 Å². The van der Waals surface area contributed by atoms with Crippen LogP contribution in [0.5, 0.6) is 0 Å². The topological polar surface area (TPSA) is 29.9 Å². The standard InChI is InChI=1S/C9H14BrN3/c1-2-13-6-8(10)12-9(13)11-7-4-3-5-7/h6-7H,2-5H2,1H3,(H,11,12). The van der Waals surface area contributed by atoms with Crippen molar-refractivity contribution in [2.75, 3.05) is 5.32 Å². The van der Waals surface area contributed by atoms with E-state index in [1.165, 1.54) is 19.3 Å². The van der Waals surface area contributed by atoms with E-state index in [1.54, 1.807) is 0 Å². The first-order valence-electron chi connectivity index (χ1n) is 4.79. The highest BCUT2D eigenvalue weighted by Crippen LogP contribution is 2.23. The summed E-state index contributed by atoms with van der Waals surface area (Å²) >= 11 is 3.38. The van der Waals surface area contributed by atoms with Gasteiger partial charge in [0.25, 0.3) is 0 Å². The van der Waals surface area contributed by atoms with E-state index in [9.17, 15) is 0 Å². The first-order valence-corrected chi connectivity index (χ1v) is 5.58. The Morgan fingerprint density at radius 1 is 1.69 bits per heavy atom. The van der Waals surface area contributed by atoms with Gasteiger partial charge in [0.05, 0.1) is 0 Å². The summed E-state index contributed by atoms with van der Waals surface area (Å²) in [6.07, 6.45) is 5.94. The first kappa shape index (κ1) is 9.06. The Hall–Kier alpha value is -0.510. The zero-order valence-electron chi connectivity index (χ0n) is 7.76. The number of hydrogen-bond acceptors (Lipinski definition) is 2. The van der Waals surface area contributed by atoms with E-state index in [0.29, 0.717) is 6.04 Å². The minimum Gasteiger partial charge on any atom is -0.353 e. The molecule has 0 atom stereocenters. The Labute approximate surface area is 86.7 Å². The molecule has 3 nitrogen and oxygen atoms in total. The number of nitrogens with one attached hydrogen (secondary N) is 1. The second-order valence-electron chi connectivity index (χ2n) is 3.45. The molecular formula is C9H14BrN3. The number of rotatable bonds is 3. The van der Waals surface area contributed by atoms with Gasteiger partial charge in [-0.15, -0.1) is 0 Å². The van der Waals surface area contributed by atoms with Crippen LogP contribution in [0.15, 0.2) is 10.8 Å². The van der Waals surface area contributed by atoms with Crippen molar-refractivity contribution >= 4 is 21.9 Å². The van der Waals surface area contributed by atoms with Gasteiger partial charge in [-0.1, -0.05) is 0 Å². The van der Waals surface area contributed by atoms with Gasteiger partial charge < -0.3 is 9.88 Å². The second-order valence-corrected chi connectivity index (χ2v) is 4.26. The fourth-order valence-corrected chi connectivity index (χ4v) is 1.89. The molecule has 1 heterocycles. The molecule has 0 aromatic carbocycles. The SMILES string of the molecule is CCn1cc(Br)nc1NC1CCC1. The van der Waals surface area contributed by atoms with E-state index in [1.807, 2.05) is 6.20 Å². The highest BCUT2D eigenvalue weighted by atomic mass is 79.9. The second kappa shape index (κ2) is 3.70. The molecule has 1 aliphatic carbocycles. The Morgan fingerprint density at radius 3 is 3.00 bits per heavy atom. The molecule has 1 saturated carbocycles. The third-order valence-electron chi connectivity index (χ3n) is 2.53. The van der Waals surface area contributed by atoms with Crippen LogP contribution in [0, 0.1) is 0 Å². The summed E-state index contributed by atoms with van der Waals surface area (Å²) in [5.41, 5.74) is 0. The van der Waals surface area contributed by atoms with Crippen LogP contribution in [0.1, 0.15) is 26.2 Å². The average molecular weight is 244 g/mol. The van der Waals surface area contributed by atoms with Crippen LogP contribution in [0.2, 0.25) is 0 Å². The lowest BCUT2D eigenvalue weighted by Gasteiger charge is -2.26. The van der Waals surface area contributed by atoms with Crippen LogP contribution in [0.3, 0.4) is 0 Å². The van der Waals surface area contributed by atoms with E-state index in [2.05, 4.69) is 37.7 Å². The van der Waals surface area contributed by atoms with Crippen LogP contribution >= 0.6 is 15.9 Å². The monoisotopic (exact) mass is 243 g/mol. The van der Waals surface area contributed by atoms with Crippen LogP contribution < -0.4 is 5.32 Å². The fourth-order valence-electron chi connectivity index (χ4n) is 1.48. The smallest absolute Gasteiger partial charge is 0.204 e. The van der Waals surface area contributed by atoms with Crippen molar-refractivity contribution in [3.05, 3.63) is 10.8 Å². The van der Waals surface area contributed by atoms with Crippen molar-refractivity contribution in [1.82, 2.24) is 9.55 Å². The maximum absolute atomic E-state index is 4.37. The van der Waals surface area contributed by atoms with Crippen molar-refractivity contribution in [3.63, 3.8) is 0 Å². The minimum absolute atomic E-state index is 0.652. The molecule has 4 heteroatoms. The summed E-state index contributed by atoms with van der Waals surface area (Å²) in [7, 11) is 0. The molecule has 0 bridgehead atoms. The average Bonchev–Trinajstić information content (AvgIpc) is 2.38. The Bertz CT molecular complexity index is 291. The molecule has 1 fully saturated rings. The molecule has 0 aliphatic heterocycles. The summed E-state index contributed by atoms with van der Waals surface area (Å²) in [6.45, 7) is 3.09. The molecule has 72 valence electrons. The maximum atomic E-state index is 4.37. The van der Waals surface area contributed by atoms with E-state index in [0.717, 1.165) is 17.1 Å². The van der Waals surface area contributed by atoms with Crippen LogP contribution in [0.4, 0.5) is 5.95 Å². The molecule has 1 aromatic rings. The van der Waals surface area contributed by atoms with Gasteiger partial charge in [0.2, 0.25) is 5.95 Å². The van der Waals surface area contributed by atoms with E-state index < -0.39 is 0 Å². The van der Waals surface area contributed by atoms with E-state index in [-0.39, 0.29) is 0 Å². The number of hydrogen-bond donors (Lipinski definition) is 1. The van der Waals surface area contributed by atoms with Crippen molar-refractivity contribution in [3.8, 4) is 0 Å². The van der Waals surface area contributed by atoms with Gasteiger partial charge in [0.1, 0.15) is 4.60 Å². The van der Waals surface area contributed by atoms with Gasteiger partial charge in [-0.2, -0.15) is 0 Å². The quantitative estimate of drug-likeness (QED) is 0.885. The van der Waals surface area contributed by atoms with E-state index >= 15 is 0 Å². The number of nitrogens with zero attached hydrogens (tertiary/aromatic N) is 2. The lowest BCUT2D eigenvalue weighted by atomic mass is 9.93. The maximum Gasteiger partial charge on any atom is 0.204 e. The summed E-state index contributed by atoms with van der Waals surface area (Å²) in [5, 5.41) is 3.44. The van der Waals surface area contributed by atoms with Crippen LogP contribution in [-0.2, 0) is 6.54 Å². The van der Waals surface area contributed by atoms with Crippen molar-refractivity contribution in [1.29, 1.82) is 0 Å². The van der Waals surface area contributed by atoms with Crippen molar-refractivity contribution < 1.29 is 0 Å². The molecule has 13 heavy (non-hydrogen) atoms. The van der Waals surface area contributed by atoms with Gasteiger partial charge in [-0.05, 0) is 42.1 Å². The highest BCUT2D eigenvalue weighted by Gasteiger charge is 2.18. The highest BCUT2D eigenvalue weighted by molar-refractivity contribution is 9.10. The minimum atomic E-state index is 0.652. The summed E-state index contributed by atoms with van der Waals surface area (Å²) < 4.78 is 3.04. The fraction of sp³-hybridized carbons (Fsp3) is 0.667. The normalized spacial score (nSPS) is 17.1. The number of aromatic nitrogens is 2. The molecule has 1 aromatic heterocycles. The lowest BCUT2D eigenvalue weighted by molar-refractivity contribution is 0.441. The predicted octanol–water partition coefficient (Wildman–Crippen LogP) is 2.63. The van der Waals surface area contributed by atoms with E-state index in [4.69, 9.17) is 0 Å². The van der Waals surface area contributed by atoms with Crippen molar-refractivity contribution in [2.24, 2.45) is 0 Å². The molecule has 1 aliphatic rings. The van der Waals surface area contributed by atoms with Crippen molar-refractivity contribution in [2.45, 2.75) is 38.8 Å². The zero-order chi connectivity index (χ0) is 9.26. The molecule has 1 N–H and O–H groups in total. The Balaban J connectivity index is 2.08. The molecule has 0 unspecified atom stereocenters. The Kier molecular flexibility index (Phi) is 2.58. The molecule has 2 rings (SSSR count). The van der Waals surface area contributed by atoms with Crippen LogP contribution in [0.25, 0.3) is 0 Å². The number of halogens is 1.